The van der Waals surface area contributed by atoms with Crippen LogP contribution in [0.1, 0.15) is 47.0 Å². The van der Waals surface area contributed by atoms with E-state index in [9.17, 15) is 14.7 Å². The smallest absolute Gasteiger partial charge is 0.407 e. The summed E-state index contributed by atoms with van der Waals surface area (Å²) in [6.07, 6.45) is 0.440. The van der Waals surface area contributed by atoms with E-state index in [1.54, 1.807) is 27.7 Å². The van der Waals surface area contributed by atoms with Crippen LogP contribution in [-0.4, -0.2) is 41.0 Å². The first-order valence-electron chi connectivity index (χ1n) is 6.48. The summed E-state index contributed by atoms with van der Waals surface area (Å²) < 4.78 is 5.07. The van der Waals surface area contributed by atoms with Crippen molar-refractivity contribution < 1.29 is 24.5 Å². The van der Waals surface area contributed by atoms with Crippen LogP contribution in [0.2, 0.25) is 0 Å². The Bertz CT molecular complexity index is 311. The van der Waals surface area contributed by atoms with Gasteiger partial charge in [0.15, 0.2) is 0 Å². The van der Waals surface area contributed by atoms with E-state index in [-0.39, 0.29) is 13.2 Å². The fraction of sp³-hybridized carbons (Fsp3) is 0.846. The number of hydrogen-bond donors (Lipinski definition) is 3. The summed E-state index contributed by atoms with van der Waals surface area (Å²) in [5, 5.41) is 20.7. The van der Waals surface area contributed by atoms with Crippen LogP contribution in [0.4, 0.5) is 4.79 Å². The maximum atomic E-state index is 11.5. The lowest BCUT2D eigenvalue weighted by atomic mass is 9.80. The molecule has 0 aliphatic heterocycles. The summed E-state index contributed by atoms with van der Waals surface area (Å²) in [5.41, 5.74) is -1.67. The summed E-state index contributed by atoms with van der Waals surface area (Å²) in [6, 6.07) is 0. The second kappa shape index (κ2) is 7.33. The summed E-state index contributed by atoms with van der Waals surface area (Å²) >= 11 is 0. The molecule has 0 fully saturated rings. The van der Waals surface area contributed by atoms with Crippen LogP contribution in [0.5, 0.6) is 0 Å². The van der Waals surface area contributed by atoms with Crippen molar-refractivity contribution in [1.82, 2.24) is 5.32 Å². The number of rotatable bonds is 7. The number of aliphatic carboxylic acids is 1. The van der Waals surface area contributed by atoms with Gasteiger partial charge in [0, 0.05) is 13.2 Å². The highest BCUT2D eigenvalue weighted by Crippen LogP contribution is 2.27. The van der Waals surface area contributed by atoms with Crippen LogP contribution in [0.3, 0.4) is 0 Å². The van der Waals surface area contributed by atoms with Gasteiger partial charge in [0.1, 0.15) is 5.60 Å². The third-order valence-electron chi connectivity index (χ3n) is 2.91. The van der Waals surface area contributed by atoms with E-state index >= 15 is 0 Å². The lowest BCUT2D eigenvalue weighted by Gasteiger charge is -2.29. The Labute approximate surface area is 114 Å². The van der Waals surface area contributed by atoms with Gasteiger partial charge in [-0.25, -0.2) is 4.79 Å². The van der Waals surface area contributed by atoms with Crippen LogP contribution < -0.4 is 5.32 Å². The van der Waals surface area contributed by atoms with Gasteiger partial charge in [-0.3, -0.25) is 4.79 Å². The van der Waals surface area contributed by atoms with Crippen molar-refractivity contribution in [1.29, 1.82) is 0 Å². The minimum Gasteiger partial charge on any atom is -0.481 e. The number of nitrogens with one attached hydrogen (secondary N) is 1. The predicted octanol–water partition coefficient (Wildman–Crippen LogP) is 1.76. The molecule has 0 radical (unpaired) electrons. The van der Waals surface area contributed by atoms with Gasteiger partial charge >= 0.3 is 12.1 Å². The van der Waals surface area contributed by atoms with Gasteiger partial charge in [-0.2, -0.15) is 0 Å². The van der Waals surface area contributed by atoms with E-state index in [4.69, 9.17) is 9.84 Å². The van der Waals surface area contributed by atoms with Gasteiger partial charge in [-0.15, -0.1) is 0 Å². The number of carboxylic acid groups (broad SMARTS) is 1. The first-order chi connectivity index (χ1) is 8.67. The molecule has 1 unspecified atom stereocenters. The lowest BCUT2D eigenvalue weighted by Crippen LogP contribution is -2.44. The first-order valence-corrected chi connectivity index (χ1v) is 6.48. The Morgan fingerprint density at radius 1 is 1.26 bits per heavy atom. The normalized spacial score (nSPS) is 14.6. The lowest BCUT2D eigenvalue weighted by molar-refractivity contribution is -0.149. The monoisotopic (exact) mass is 275 g/mol. The standard InChI is InChI=1S/C13H25NO5/c1-5-13(10(16)17,7-6-8-15)9-14-11(18)19-12(2,3)4/h15H,5-9H2,1-4H3,(H,14,18)(H,16,17). The molecule has 0 saturated carbocycles. The average molecular weight is 275 g/mol. The number of hydrogen-bond acceptors (Lipinski definition) is 4. The van der Waals surface area contributed by atoms with Crippen molar-refractivity contribution >= 4 is 12.1 Å². The van der Waals surface area contributed by atoms with Gasteiger partial charge in [-0.05, 0) is 40.0 Å². The molecule has 0 aromatic heterocycles. The van der Waals surface area contributed by atoms with E-state index in [0.29, 0.717) is 19.3 Å². The highest BCUT2D eigenvalue weighted by Gasteiger charge is 2.36. The van der Waals surface area contributed by atoms with Crippen molar-refractivity contribution in [2.45, 2.75) is 52.6 Å². The predicted molar refractivity (Wildman–Crippen MR) is 70.9 cm³/mol. The van der Waals surface area contributed by atoms with Crippen LogP contribution in [-0.2, 0) is 9.53 Å². The van der Waals surface area contributed by atoms with Crippen LogP contribution in [0.25, 0.3) is 0 Å². The van der Waals surface area contributed by atoms with E-state index < -0.39 is 23.1 Å². The number of carbonyl (C=O) groups is 2. The van der Waals surface area contributed by atoms with Crippen LogP contribution >= 0.6 is 0 Å². The van der Waals surface area contributed by atoms with Gasteiger partial charge in [0.25, 0.3) is 0 Å². The number of carbonyl (C=O) groups excluding carboxylic acids is 1. The Morgan fingerprint density at radius 2 is 1.84 bits per heavy atom. The molecule has 0 aromatic carbocycles. The Balaban J connectivity index is 4.57. The molecule has 3 N–H and O–H groups in total. The topological polar surface area (TPSA) is 95.9 Å². The van der Waals surface area contributed by atoms with Gasteiger partial charge in [0.2, 0.25) is 0 Å². The summed E-state index contributed by atoms with van der Waals surface area (Å²) in [7, 11) is 0. The number of alkyl carbamates (subject to hydrolysis) is 1. The van der Waals surface area contributed by atoms with Crippen molar-refractivity contribution in [2.75, 3.05) is 13.2 Å². The second-order valence-corrected chi connectivity index (χ2v) is 5.62. The maximum Gasteiger partial charge on any atom is 0.407 e. The first kappa shape index (κ1) is 17.7. The number of aliphatic hydroxyl groups is 1. The van der Waals surface area contributed by atoms with Crippen molar-refractivity contribution in [2.24, 2.45) is 5.41 Å². The molecule has 112 valence electrons. The molecule has 0 saturated heterocycles. The number of aliphatic hydroxyl groups excluding tert-OH is 1. The van der Waals surface area contributed by atoms with Gasteiger partial charge < -0.3 is 20.3 Å². The average Bonchev–Trinajstić information content (AvgIpc) is 2.27. The SMILES string of the molecule is CCC(CCCO)(CNC(=O)OC(C)(C)C)C(=O)O. The summed E-state index contributed by atoms with van der Waals surface area (Å²) in [5.74, 6) is -0.973. The molecule has 0 bridgehead atoms. The van der Waals surface area contributed by atoms with E-state index in [1.807, 2.05) is 0 Å². The summed E-state index contributed by atoms with van der Waals surface area (Å²) in [6.45, 7) is 6.89. The third kappa shape index (κ3) is 6.42. The van der Waals surface area contributed by atoms with Crippen LogP contribution in [0.15, 0.2) is 0 Å². The maximum absolute atomic E-state index is 11.5. The fourth-order valence-electron chi connectivity index (χ4n) is 1.70. The molecule has 1 atom stereocenters. The quantitative estimate of drug-likeness (QED) is 0.658. The van der Waals surface area contributed by atoms with E-state index in [2.05, 4.69) is 5.32 Å². The second-order valence-electron chi connectivity index (χ2n) is 5.62. The third-order valence-corrected chi connectivity index (χ3v) is 2.91. The van der Waals surface area contributed by atoms with Gasteiger partial charge in [-0.1, -0.05) is 6.92 Å². The number of carboxylic acids is 1. The van der Waals surface area contributed by atoms with Gasteiger partial charge in [0.05, 0.1) is 5.41 Å². The summed E-state index contributed by atoms with van der Waals surface area (Å²) in [4.78, 5) is 22.9. The largest absolute Gasteiger partial charge is 0.481 e. The molecular formula is C13H25NO5. The zero-order chi connectivity index (χ0) is 15.1. The van der Waals surface area contributed by atoms with Crippen molar-refractivity contribution in [3.05, 3.63) is 0 Å². The molecule has 6 heteroatoms. The molecule has 0 heterocycles. The number of ether oxygens (including phenoxy) is 1. The molecular weight excluding hydrogens is 250 g/mol. The molecule has 0 rings (SSSR count). The molecule has 0 aromatic rings. The molecule has 19 heavy (non-hydrogen) atoms. The fourth-order valence-corrected chi connectivity index (χ4v) is 1.70. The Kier molecular flexibility index (Phi) is 6.83. The van der Waals surface area contributed by atoms with Crippen molar-refractivity contribution in [3.63, 3.8) is 0 Å². The minimum absolute atomic E-state index is 0.00620. The Hall–Kier alpha value is -1.30. The molecule has 0 aliphatic rings. The zero-order valence-electron chi connectivity index (χ0n) is 12.2. The minimum atomic E-state index is -1.06. The molecule has 6 nitrogen and oxygen atoms in total. The molecule has 0 aliphatic carbocycles. The Morgan fingerprint density at radius 3 is 2.21 bits per heavy atom. The van der Waals surface area contributed by atoms with E-state index in [0.717, 1.165) is 0 Å². The molecule has 0 spiro atoms. The van der Waals surface area contributed by atoms with Crippen LogP contribution in [0, 0.1) is 5.41 Å². The van der Waals surface area contributed by atoms with Crippen molar-refractivity contribution in [3.8, 4) is 0 Å². The highest BCUT2D eigenvalue weighted by atomic mass is 16.6. The highest BCUT2D eigenvalue weighted by molar-refractivity contribution is 5.76. The number of amides is 1. The molecule has 1 amide bonds. The van der Waals surface area contributed by atoms with E-state index in [1.165, 1.54) is 0 Å². The zero-order valence-corrected chi connectivity index (χ0v) is 12.2.